The summed E-state index contributed by atoms with van der Waals surface area (Å²) < 4.78 is 41.3. The number of methoxy groups -OCH3 is 2. The summed E-state index contributed by atoms with van der Waals surface area (Å²) in [6.07, 6.45) is 4.13. The number of aryl methyl sites for hydroxylation is 1. The highest BCUT2D eigenvalue weighted by Crippen LogP contribution is 2.43. The van der Waals surface area contributed by atoms with Gasteiger partial charge >= 0.3 is 6.01 Å². The highest BCUT2D eigenvalue weighted by molar-refractivity contribution is 7.89. The number of nitrogens with zero attached hydrogens (tertiary/aromatic N) is 6. The van der Waals surface area contributed by atoms with Crippen LogP contribution >= 0.6 is 0 Å². The third kappa shape index (κ3) is 3.23. The minimum absolute atomic E-state index is 0.0645. The number of hydrogen-bond acceptors (Lipinski definition) is 8. The largest absolute Gasteiger partial charge is 0.480 e. The van der Waals surface area contributed by atoms with Gasteiger partial charge in [-0.15, -0.1) is 5.10 Å². The van der Waals surface area contributed by atoms with Crippen molar-refractivity contribution in [2.24, 2.45) is 0 Å². The molecule has 0 radical (unpaired) electrons. The fourth-order valence-electron chi connectivity index (χ4n) is 4.62. The zero-order chi connectivity index (χ0) is 22.5. The molecule has 1 fully saturated rings. The molecule has 2 aromatic heterocycles. The molecule has 2 aliphatic rings. The summed E-state index contributed by atoms with van der Waals surface area (Å²) >= 11 is 0. The molecule has 0 saturated heterocycles. The number of ether oxygens (including phenoxy) is 2. The van der Waals surface area contributed by atoms with Gasteiger partial charge in [0.15, 0.2) is 0 Å². The second-order valence-electron chi connectivity index (χ2n) is 8.04. The van der Waals surface area contributed by atoms with E-state index in [0.717, 1.165) is 24.8 Å². The number of aromatic nitrogens is 5. The van der Waals surface area contributed by atoms with Crippen molar-refractivity contribution < 1.29 is 17.9 Å². The fourth-order valence-corrected chi connectivity index (χ4v) is 6.26. The van der Waals surface area contributed by atoms with E-state index in [-0.39, 0.29) is 24.6 Å². The zero-order valence-corrected chi connectivity index (χ0v) is 18.9. The Kier molecular flexibility index (Phi) is 5.09. The maximum absolute atomic E-state index is 13.6. The van der Waals surface area contributed by atoms with Crippen LogP contribution in [0.15, 0.2) is 35.4 Å². The lowest BCUT2D eigenvalue weighted by Crippen LogP contribution is -2.47. The van der Waals surface area contributed by atoms with Crippen LogP contribution in [0.25, 0.3) is 11.3 Å². The van der Waals surface area contributed by atoms with Crippen molar-refractivity contribution in [3.63, 3.8) is 0 Å². The van der Waals surface area contributed by atoms with Gasteiger partial charge in [0.05, 0.1) is 43.0 Å². The van der Waals surface area contributed by atoms with Gasteiger partial charge in [-0.05, 0) is 38.3 Å². The van der Waals surface area contributed by atoms with Gasteiger partial charge in [0.25, 0.3) is 0 Å². The molecule has 0 N–H and O–H groups in total. The molecule has 1 saturated carbocycles. The number of benzene rings is 1. The summed E-state index contributed by atoms with van der Waals surface area (Å²) in [4.78, 5) is 8.71. The van der Waals surface area contributed by atoms with E-state index in [9.17, 15) is 8.42 Å². The minimum atomic E-state index is -3.70. The summed E-state index contributed by atoms with van der Waals surface area (Å²) in [5.74, 6) is 0.293. The van der Waals surface area contributed by atoms with E-state index in [1.165, 1.54) is 14.2 Å². The van der Waals surface area contributed by atoms with Gasteiger partial charge in [-0.25, -0.2) is 18.1 Å². The van der Waals surface area contributed by atoms with Crippen LogP contribution in [-0.2, 0) is 16.6 Å². The first kappa shape index (κ1) is 20.8. The molecule has 10 nitrogen and oxygen atoms in total. The molecule has 2 atom stereocenters. The molecule has 5 rings (SSSR count). The van der Waals surface area contributed by atoms with Crippen molar-refractivity contribution in [3.05, 3.63) is 41.7 Å². The molecule has 168 valence electrons. The SMILES string of the molecule is COc1ncc(-c2nnn3c2CN(S(=O)(=O)c2ccc(C)cc2)[C@H]2CCC[C@@H]23)c(OC)n1. The highest BCUT2D eigenvalue weighted by Gasteiger charge is 2.46. The van der Waals surface area contributed by atoms with Gasteiger partial charge in [-0.2, -0.15) is 9.29 Å². The van der Waals surface area contributed by atoms with Crippen LogP contribution in [-0.4, -0.2) is 57.9 Å². The molecule has 1 aromatic carbocycles. The van der Waals surface area contributed by atoms with E-state index in [1.54, 1.807) is 22.6 Å². The van der Waals surface area contributed by atoms with Crippen LogP contribution < -0.4 is 9.47 Å². The Balaban J connectivity index is 1.61. The maximum Gasteiger partial charge on any atom is 0.319 e. The van der Waals surface area contributed by atoms with Crippen LogP contribution in [0.2, 0.25) is 0 Å². The highest BCUT2D eigenvalue weighted by atomic mass is 32.2. The number of hydrogen-bond donors (Lipinski definition) is 0. The summed E-state index contributed by atoms with van der Waals surface area (Å²) in [7, 11) is -0.720. The molecule has 0 amide bonds. The Hall–Kier alpha value is -3.05. The van der Waals surface area contributed by atoms with Gasteiger partial charge < -0.3 is 9.47 Å². The molecule has 11 heteroatoms. The van der Waals surface area contributed by atoms with Gasteiger partial charge in [0, 0.05) is 12.2 Å². The summed E-state index contributed by atoms with van der Waals surface area (Å²) in [5.41, 5.74) is 2.77. The summed E-state index contributed by atoms with van der Waals surface area (Å²) in [6.45, 7) is 2.10. The third-order valence-electron chi connectivity index (χ3n) is 6.21. The van der Waals surface area contributed by atoms with Gasteiger partial charge in [0.2, 0.25) is 15.9 Å². The molecule has 0 unspecified atom stereocenters. The van der Waals surface area contributed by atoms with E-state index in [0.29, 0.717) is 27.7 Å². The van der Waals surface area contributed by atoms with E-state index in [4.69, 9.17) is 9.47 Å². The zero-order valence-electron chi connectivity index (χ0n) is 18.1. The first-order chi connectivity index (χ1) is 15.4. The molecule has 3 aromatic rings. The average Bonchev–Trinajstić information content (AvgIpc) is 3.45. The Morgan fingerprint density at radius 3 is 2.53 bits per heavy atom. The molecular weight excluding hydrogens is 432 g/mol. The minimum Gasteiger partial charge on any atom is -0.480 e. The summed E-state index contributed by atoms with van der Waals surface area (Å²) in [6, 6.07) is 6.92. The lowest BCUT2D eigenvalue weighted by Gasteiger charge is -2.37. The Labute approximate surface area is 186 Å². The van der Waals surface area contributed by atoms with E-state index >= 15 is 0 Å². The Morgan fingerprint density at radius 2 is 1.81 bits per heavy atom. The lowest BCUT2D eigenvalue weighted by molar-refractivity contribution is 0.201. The summed E-state index contributed by atoms with van der Waals surface area (Å²) in [5, 5.41) is 8.78. The second-order valence-corrected chi connectivity index (χ2v) is 9.93. The second kappa shape index (κ2) is 7.82. The molecule has 1 aliphatic carbocycles. The topological polar surface area (TPSA) is 112 Å². The predicted octanol–water partition coefficient (Wildman–Crippen LogP) is 2.36. The van der Waals surface area contributed by atoms with Crippen molar-refractivity contribution in [1.29, 1.82) is 0 Å². The van der Waals surface area contributed by atoms with E-state index in [1.807, 2.05) is 23.7 Å². The quantitative estimate of drug-likeness (QED) is 0.575. The number of rotatable bonds is 5. The van der Waals surface area contributed by atoms with E-state index in [2.05, 4.69) is 20.3 Å². The maximum atomic E-state index is 13.6. The monoisotopic (exact) mass is 456 g/mol. The normalized spacial score (nSPS) is 20.6. The number of sulfonamides is 1. The lowest BCUT2D eigenvalue weighted by atomic mass is 10.1. The van der Waals surface area contributed by atoms with Crippen LogP contribution in [0.3, 0.4) is 0 Å². The fraction of sp³-hybridized carbons (Fsp3) is 0.429. The Morgan fingerprint density at radius 1 is 1.06 bits per heavy atom. The first-order valence-electron chi connectivity index (χ1n) is 10.4. The van der Waals surface area contributed by atoms with Crippen molar-refractivity contribution in [3.8, 4) is 23.1 Å². The van der Waals surface area contributed by atoms with E-state index < -0.39 is 10.0 Å². The third-order valence-corrected chi connectivity index (χ3v) is 8.10. The van der Waals surface area contributed by atoms with Crippen LogP contribution in [0.1, 0.15) is 36.6 Å². The molecule has 0 bridgehead atoms. The van der Waals surface area contributed by atoms with Gasteiger partial charge in [0.1, 0.15) is 5.69 Å². The first-order valence-corrected chi connectivity index (χ1v) is 11.9. The van der Waals surface area contributed by atoms with Gasteiger partial charge in [-0.1, -0.05) is 22.9 Å². The van der Waals surface area contributed by atoms with Crippen molar-refractivity contribution in [2.75, 3.05) is 14.2 Å². The van der Waals surface area contributed by atoms with Crippen molar-refractivity contribution in [1.82, 2.24) is 29.3 Å². The molecule has 0 spiro atoms. The smallest absolute Gasteiger partial charge is 0.319 e. The Bertz CT molecular complexity index is 1260. The average molecular weight is 457 g/mol. The van der Waals surface area contributed by atoms with Crippen molar-refractivity contribution >= 4 is 10.0 Å². The van der Waals surface area contributed by atoms with Gasteiger partial charge in [-0.3, -0.25) is 0 Å². The molecular formula is C21H24N6O4S. The standard InChI is InChI=1S/C21H24N6O4S/c1-13-7-9-14(10-8-13)32(28,29)26-12-18-19(15-11-22-21(31-3)23-20(15)30-2)24-25-27(18)17-6-4-5-16(17)26/h7-11,16-17H,4-6,12H2,1-3H3/t16-,17-/m0/s1. The molecule has 3 heterocycles. The van der Waals surface area contributed by atoms with Crippen LogP contribution in [0, 0.1) is 6.92 Å². The number of fused-ring (bicyclic) bond motifs is 3. The van der Waals surface area contributed by atoms with Crippen LogP contribution in [0.4, 0.5) is 0 Å². The predicted molar refractivity (Wildman–Crippen MR) is 115 cm³/mol. The molecule has 32 heavy (non-hydrogen) atoms. The van der Waals surface area contributed by atoms with Crippen LogP contribution in [0.5, 0.6) is 11.9 Å². The molecule has 1 aliphatic heterocycles. The van der Waals surface area contributed by atoms with Crippen molar-refractivity contribution in [2.45, 2.75) is 49.7 Å².